The van der Waals surface area contributed by atoms with E-state index in [9.17, 15) is 4.39 Å². The molecule has 0 aliphatic carbocycles. The van der Waals surface area contributed by atoms with Crippen LogP contribution in [0.1, 0.15) is 24.7 Å². The largest absolute Gasteiger partial charge is 0.459 e. The molecule has 0 aliphatic rings. The average Bonchev–Trinajstić information content (AvgIpc) is 2.68. The molecule has 0 aliphatic heterocycles. The first-order chi connectivity index (χ1) is 8.76. The molecular weight excluding hydrogens is 233 g/mol. The highest BCUT2D eigenvalue weighted by Gasteiger charge is 2.14. The third-order valence-corrected chi connectivity index (χ3v) is 2.84. The number of rotatable bonds is 6. The third-order valence-electron chi connectivity index (χ3n) is 2.84. The number of nitrogens with one attached hydrogen (secondary N) is 1. The van der Waals surface area contributed by atoms with Gasteiger partial charge in [0, 0.05) is 18.1 Å². The lowest BCUT2D eigenvalue weighted by Crippen LogP contribution is -2.14. The summed E-state index contributed by atoms with van der Waals surface area (Å²) in [5.74, 6) is 0.569. The molecule has 0 radical (unpaired) electrons. The lowest BCUT2D eigenvalue weighted by Gasteiger charge is -2.03. The van der Waals surface area contributed by atoms with E-state index in [2.05, 4.69) is 12.2 Å². The molecule has 0 bridgehead atoms. The summed E-state index contributed by atoms with van der Waals surface area (Å²) in [5, 5.41) is 4.08. The number of benzene rings is 1. The monoisotopic (exact) mass is 251 g/mol. The summed E-state index contributed by atoms with van der Waals surface area (Å²) < 4.78 is 24.2. The highest BCUT2D eigenvalue weighted by Crippen LogP contribution is 2.27. The van der Waals surface area contributed by atoms with Gasteiger partial charge >= 0.3 is 0 Å². The van der Waals surface area contributed by atoms with Crippen LogP contribution in [0.5, 0.6) is 0 Å². The van der Waals surface area contributed by atoms with Crippen LogP contribution < -0.4 is 5.32 Å². The molecule has 18 heavy (non-hydrogen) atoms. The van der Waals surface area contributed by atoms with Crippen LogP contribution in [-0.4, -0.2) is 13.7 Å². The van der Waals surface area contributed by atoms with Gasteiger partial charge in [0.1, 0.15) is 17.2 Å². The number of ether oxygens (including phenoxy) is 1. The van der Waals surface area contributed by atoms with Gasteiger partial charge in [0.2, 0.25) is 0 Å². The van der Waals surface area contributed by atoms with Gasteiger partial charge in [0.25, 0.3) is 0 Å². The van der Waals surface area contributed by atoms with Crippen LogP contribution in [0.3, 0.4) is 0 Å². The zero-order chi connectivity index (χ0) is 13.0. The molecule has 2 rings (SSSR count). The Morgan fingerprint density at radius 1 is 1.39 bits per heavy atom. The molecule has 0 spiro atoms. The lowest BCUT2D eigenvalue weighted by atomic mass is 10.1. The predicted molar refractivity (Wildman–Crippen MR) is 68.9 cm³/mol. The van der Waals surface area contributed by atoms with E-state index in [-0.39, 0.29) is 5.82 Å². The van der Waals surface area contributed by atoms with E-state index in [1.54, 1.807) is 13.2 Å². The van der Waals surface area contributed by atoms with Crippen LogP contribution in [-0.2, 0) is 17.9 Å². The maximum absolute atomic E-state index is 13.3. The Morgan fingerprint density at radius 2 is 2.22 bits per heavy atom. The van der Waals surface area contributed by atoms with E-state index in [0.717, 1.165) is 29.7 Å². The fourth-order valence-electron chi connectivity index (χ4n) is 2.00. The number of furan rings is 1. The molecule has 1 N–H and O–H groups in total. The summed E-state index contributed by atoms with van der Waals surface area (Å²) >= 11 is 0. The van der Waals surface area contributed by atoms with Gasteiger partial charge in [-0.05, 0) is 31.2 Å². The van der Waals surface area contributed by atoms with Gasteiger partial charge in [-0.3, -0.25) is 0 Å². The van der Waals surface area contributed by atoms with Crippen molar-refractivity contribution in [2.45, 2.75) is 26.5 Å². The average molecular weight is 251 g/mol. The molecule has 1 aromatic heterocycles. The first kappa shape index (κ1) is 13.1. The standard InChI is InChI=1S/C14H18FNO2/c1-3-6-16-8-14-12(9-17-2)11-7-10(15)4-5-13(11)18-14/h4-5,7,16H,3,6,8-9H2,1-2H3. The summed E-state index contributed by atoms with van der Waals surface area (Å²) in [7, 11) is 1.63. The Balaban J connectivity index is 2.35. The van der Waals surface area contributed by atoms with Crippen LogP contribution in [0.15, 0.2) is 22.6 Å². The van der Waals surface area contributed by atoms with Crippen molar-refractivity contribution in [3.05, 3.63) is 35.3 Å². The molecule has 0 fully saturated rings. The molecule has 3 nitrogen and oxygen atoms in total. The summed E-state index contributed by atoms with van der Waals surface area (Å²) in [6, 6.07) is 4.56. The second-order valence-electron chi connectivity index (χ2n) is 4.25. The molecule has 1 aromatic carbocycles. The van der Waals surface area contributed by atoms with Crippen LogP contribution in [0.4, 0.5) is 4.39 Å². The fraction of sp³-hybridized carbons (Fsp3) is 0.429. The van der Waals surface area contributed by atoms with Crippen molar-refractivity contribution in [2.75, 3.05) is 13.7 Å². The van der Waals surface area contributed by atoms with Gasteiger partial charge in [-0.25, -0.2) is 4.39 Å². The van der Waals surface area contributed by atoms with E-state index in [1.807, 2.05) is 0 Å². The Labute approximate surface area is 106 Å². The van der Waals surface area contributed by atoms with Crippen molar-refractivity contribution in [3.8, 4) is 0 Å². The van der Waals surface area contributed by atoms with Crippen LogP contribution >= 0.6 is 0 Å². The van der Waals surface area contributed by atoms with Crippen LogP contribution in [0.2, 0.25) is 0 Å². The van der Waals surface area contributed by atoms with Gasteiger partial charge in [0.15, 0.2) is 0 Å². The molecular formula is C14H18FNO2. The van der Waals surface area contributed by atoms with Crippen LogP contribution in [0.25, 0.3) is 11.0 Å². The van der Waals surface area contributed by atoms with E-state index in [1.165, 1.54) is 12.1 Å². The van der Waals surface area contributed by atoms with Crippen molar-refractivity contribution in [3.63, 3.8) is 0 Å². The van der Waals surface area contributed by atoms with E-state index in [4.69, 9.17) is 9.15 Å². The molecule has 4 heteroatoms. The summed E-state index contributed by atoms with van der Waals surface area (Å²) in [6.07, 6.45) is 1.06. The number of methoxy groups -OCH3 is 1. The zero-order valence-corrected chi connectivity index (χ0v) is 10.8. The van der Waals surface area contributed by atoms with Crippen molar-refractivity contribution in [2.24, 2.45) is 0 Å². The van der Waals surface area contributed by atoms with Gasteiger partial charge in [-0.15, -0.1) is 0 Å². The molecule has 0 unspecified atom stereocenters. The highest BCUT2D eigenvalue weighted by atomic mass is 19.1. The van der Waals surface area contributed by atoms with E-state index >= 15 is 0 Å². The molecule has 98 valence electrons. The predicted octanol–water partition coefficient (Wildman–Crippen LogP) is 3.22. The highest BCUT2D eigenvalue weighted by molar-refractivity contribution is 5.82. The first-order valence-electron chi connectivity index (χ1n) is 6.15. The van der Waals surface area contributed by atoms with E-state index < -0.39 is 0 Å². The summed E-state index contributed by atoms with van der Waals surface area (Å²) in [4.78, 5) is 0. The Hall–Kier alpha value is -1.39. The van der Waals surface area contributed by atoms with Crippen molar-refractivity contribution >= 4 is 11.0 Å². The molecule has 0 atom stereocenters. The van der Waals surface area contributed by atoms with Gasteiger partial charge < -0.3 is 14.5 Å². The quantitative estimate of drug-likeness (QED) is 0.800. The minimum Gasteiger partial charge on any atom is -0.459 e. The fourth-order valence-corrected chi connectivity index (χ4v) is 2.00. The minimum atomic E-state index is -0.256. The molecule has 2 aromatic rings. The van der Waals surface area contributed by atoms with Gasteiger partial charge in [-0.1, -0.05) is 6.92 Å². The number of halogens is 1. The number of hydrogen-bond donors (Lipinski definition) is 1. The molecule has 1 heterocycles. The summed E-state index contributed by atoms with van der Waals surface area (Å²) in [5.41, 5.74) is 1.63. The van der Waals surface area contributed by atoms with E-state index in [0.29, 0.717) is 18.7 Å². The normalized spacial score (nSPS) is 11.3. The van der Waals surface area contributed by atoms with Crippen LogP contribution in [0, 0.1) is 5.82 Å². The maximum atomic E-state index is 13.3. The van der Waals surface area contributed by atoms with Gasteiger partial charge in [0.05, 0.1) is 13.2 Å². The molecule has 0 amide bonds. The topological polar surface area (TPSA) is 34.4 Å². The third kappa shape index (κ3) is 2.71. The summed E-state index contributed by atoms with van der Waals surface area (Å²) in [6.45, 7) is 4.11. The first-order valence-corrected chi connectivity index (χ1v) is 6.15. The molecule has 0 saturated heterocycles. The van der Waals surface area contributed by atoms with Gasteiger partial charge in [-0.2, -0.15) is 0 Å². The lowest BCUT2D eigenvalue weighted by molar-refractivity contribution is 0.183. The minimum absolute atomic E-state index is 0.256. The second-order valence-corrected chi connectivity index (χ2v) is 4.25. The Bertz CT molecular complexity index is 522. The molecule has 0 saturated carbocycles. The van der Waals surface area contributed by atoms with Crippen molar-refractivity contribution in [1.29, 1.82) is 0 Å². The Morgan fingerprint density at radius 3 is 2.94 bits per heavy atom. The SMILES string of the molecule is CCCNCc1oc2ccc(F)cc2c1COC. The smallest absolute Gasteiger partial charge is 0.134 e. The maximum Gasteiger partial charge on any atom is 0.134 e. The zero-order valence-electron chi connectivity index (χ0n) is 10.8. The Kier molecular flexibility index (Phi) is 4.33. The second kappa shape index (κ2) is 5.98. The number of hydrogen-bond acceptors (Lipinski definition) is 3. The number of fused-ring (bicyclic) bond motifs is 1. The van der Waals surface area contributed by atoms with Crippen molar-refractivity contribution in [1.82, 2.24) is 5.32 Å². The van der Waals surface area contributed by atoms with Crippen molar-refractivity contribution < 1.29 is 13.5 Å².